The third-order valence-electron chi connectivity index (χ3n) is 4.60. The minimum absolute atomic E-state index is 0.204. The van der Waals surface area contributed by atoms with Crippen LogP contribution >= 0.6 is 11.8 Å². The lowest BCUT2D eigenvalue weighted by Gasteiger charge is -2.21. The summed E-state index contributed by atoms with van der Waals surface area (Å²) < 4.78 is 0. The van der Waals surface area contributed by atoms with Crippen molar-refractivity contribution in [2.24, 2.45) is 0 Å². The molecule has 2 rings (SSSR count). The fourth-order valence-corrected chi connectivity index (χ4v) is 3.81. The Balaban J connectivity index is 2.12. The molecule has 1 aromatic carbocycles. The van der Waals surface area contributed by atoms with Crippen molar-refractivity contribution in [2.45, 2.75) is 27.7 Å². The first-order valence-electron chi connectivity index (χ1n) is 9.33. The van der Waals surface area contributed by atoms with Crippen molar-refractivity contribution >= 4 is 40.6 Å². The zero-order valence-corrected chi connectivity index (χ0v) is 17.2. The van der Waals surface area contributed by atoms with Crippen LogP contribution in [-0.4, -0.2) is 59.6 Å². The quantitative estimate of drug-likeness (QED) is 0.638. The number of hydrogen-bond acceptors (Lipinski definition) is 5. The highest BCUT2D eigenvalue weighted by Crippen LogP contribution is 2.32. The monoisotopic (exact) mass is 389 g/mol. The van der Waals surface area contributed by atoms with Gasteiger partial charge in [0.25, 0.3) is 11.1 Å². The second-order valence-corrected chi connectivity index (χ2v) is 7.09. The molecule has 6 nitrogen and oxygen atoms in total. The van der Waals surface area contributed by atoms with E-state index < -0.39 is 11.1 Å². The summed E-state index contributed by atoms with van der Waals surface area (Å²) in [5.41, 5.74) is 1.97. The Morgan fingerprint density at radius 1 is 1.00 bits per heavy atom. The largest absolute Gasteiger partial charge is 0.372 e. The van der Waals surface area contributed by atoms with E-state index in [1.807, 2.05) is 38.1 Å². The molecular formula is C20H27N3O3S. The first kappa shape index (κ1) is 21.0. The van der Waals surface area contributed by atoms with Crippen LogP contribution in [0.4, 0.5) is 10.5 Å². The van der Waals surface area contributed by atoms with Gasteiger partial charge in [-0.2, -0.15) is 0 Å². The van der Waals surface area contributed by atoms with Crippen LogP contribution in [0.3, 0.4) is 0 Å². The summed E-state index contributed by atoms with van der Waals surface area (Å²) in [6.45, 7) is 10.7. The van der Waals surface area contributed by atoms with Crippen molar-refractivity contribution in [3.8, 4) is 0 Å². The lowest BCUT2D eigenvalue weighted by Crippen LogP contribution is -2.41. The first-order valence-corrected chi connectivity index (χ1v) is 10.1. The highest BCUT2D eigenvalue weighted by atomic mass is 32.2. The van der Waals surface area contributed by atoms with Gasteiger partial charge in [-0.25, -0.2) is 0 Å². The molecule has 0 saturated carbocycles. The highest BCUT2D eigenvalue weighted by Gasteiger charge is 2.36. The molecule has 0 aliphatic carbocycles. The molecule has 0 unspecified atom stereocenters. The molecule has 0 bridgehead atoms. The maximum absolute atomic E-state index is 12.6. The van der Waals surface area contributed by atoms with Gasteiger partial charge in [-0.3, -0.25) is 19.3 Å². The predicted molar refractivity (Wildman–Crippen MR) is 111 cm³/mol. The van der Waals surface area contributed by atoms with Gasteiger partial charge >= 0.3 is 0 Å². The zero-order valence-electron chi connectivity index (χ0n) is 16.4. The maximum atomic E-state index is 12.6. The number of anilines is 1. The Morgan fingerprint density at radius 3 is 2.11 bits per heavy atom. The second kappa shape index (κ2) is 9.60. The van der Waals surface area contributed by atoms with Gasteiger partial charge in [0, 0.05) is 31.9 Å². The number of amides is 3. The molecule has 0 spiro atoms. The molecule has 7 heteroatoms. The number of rotatable bonds is 8. The van der Waals surface area contributed by atoms with Crippen LogP contribution in [0.25, 0.3) is 6.08 Å². The molecule has 0 atom stereocenters. The Labute approximate surface area is 165 Å². The molecular weight excluding hydrogens is 362 g/mol. The van der Waals surface area contributed by atoms with Crippen molar-refractivity contribution in [1.29, 1.82) is 0 Å². The van der Waals surface area contributed by atoms with Gasteiger partial charge < -0.3 is 9.80 Å². The summed E-state index contributed by atoms with van der Waals surface area (Å²) in [5, 5.41) is -0.397. The molecule has 1 aliphatic heterocycles. The van der Waals surface area contributed by atoms with Crippen LogP contribution in [0.1, 0.15) is 33.3 Å². The van der Waals surface area contributed by atoms with Gasteiger partial charge in [0.05, 0.1) is 4.91 Å². The van der Waals surface area contributed by atoms with Crippen LogP contribution in [-0.2, 0) is 9.59 Å². The molecule has 146 valence electrons. The van der Waals surface area contributed by atoms with Crippen LogP contribution in [0.15, 0.2) is 29.2 Å². The molecule has 0 radical (unpaired) electrons. The smallest absolute Gasteiger partial charge is 0.294 e. The molecule has 1 aliphatic rings. The SMILES string of the molecule is CCN(CC)C(=O)CN1C(=O)S/C(=C\c2ccc(N(CC)CC)cc2)C1=O. The standard InChI is InChI=1S/C20H27N3O3S/c1-5-21(6-2)16-11-9-15(10-12-16)13-17-19(25)23(20(26)27-17)14-18(24)22(7-3)8-4/h9-13H,5-8,14H2,1-4H3/b17-13-. The lowest BCUT2D eigenvalue weighted by atomic mass is 10.1. The maximum Gasteiger partial charge on any atom is 0.294 e. The number of imide groups is 1. The van der Waals surface area contributed by atoms with Crippen molar-refractivity contribution in [1.82, 2.24) is 9.80 Å². The van der Waals surface area contributed by atoms with E-state index in [1.54, 1.807) is 11.0 Å². The van der Waals surface area contributed by atoms with Gasteiger partial charge in [0.1, 0.15) is 6.54 Å². The van der Waals surface area contributed by atoms with E-state index in [4.69, 9.17) is 0 Å². The van der Waals surface area contributed by atoms with E-state index in [0.29, 0.717) is 18.0 Å². The fraction of sp³-hybridized carbons (Fsp3) is 0.450. The molecule has 1 heterocycles. The van der Waals surface area contributed by atoms with Crippen LogP contribution in [0, 0.1) is 0 Å². The summed E-state index contributed by atoms with van der Waals surface area (Å²) >= 11 is 0.882. The molecule has 27 heavy (non-hydrogen) atoms. The van der Waals surface area contributed by atoms with Crippen molar-refractivity contribution in [3.05, 3.63) is 34.7 Å². The molecule has 1 saturated heterocycles. The van der Waals surface area contributed by atoms with E-state index >= 15 is 0 Å². The van der Waals surface area contributed by atoms with Gasteiger partial charge in [-0.15, -0.1) is 0 Å². The van der Waals surface area contributed by atoms with Crippen LogP contribution < -0.4 is 4.90 Å². The van der Waals surface area contributed by atoms with E-state index in [9.17, 15) is 14.4 Å². The Kier molecular flexibility index (Phi) is 7.47. The van der Waals surface area contributed by atoms with Crippen molar-refractivity contribution < 1.29 is 14.4 Å². The Morgan fingerprint density at radius 2 is 1.59 bits per heavy atom. The highest BCUT2D eigenvalue weighted by molar-refractivity contribution is 8.18. The number of thioether (sulfide) groups is 1. The summed E-state index contributed by atoms with van der Waals surface area (Å²) in [6, 6.07) is 7.88. The number of benzene rings is 1. The summed E-state index contributed by atoms with van der Waals surface area (Å²) in [7, 11) is 0. The minimum Gasteiger partial charge on any atom is -0.372 e. The third-order valence-corrected chi connectivity index (χ3v) is 5.51. The van der Waals surface area contributed by atoms with Gasteiger partial charge in [0.15, 0.2) is 0 Å². The van der Waals surface area contributed by atoms with Gasteiger partial charge in [-0.05, 0) is 63.2 Å². The Hall–Kier alpha value is -2.28. The topological polar surface area (TPSA) is 60.9 Å². The third kappa shape index (κ3) is 4.91. The van der Waals surface area contributed by atoms with Gasteiger partial charge in [-0.1, -0.05) is 12.1 Å². The molecule has 1 fully saturated rings. The van der Waals surface area contributed by atoms with Crippen LogP contribution in [0.5, 0.6) is 0 Å². The second-order valence-electron chi connectivity index (χ2n) is 6.10. The van der Waals surface area contributed by atoms with E-state index in [1.165, 1.54) is 0 Å². The van der Waals surface area contributed by atoms with Crippen molar-refractivity contribution in [2.75, 3.05) is 37.6 Å². The molecule has 3 amide bonds. The lowest BCUT2D eigenvalue weighted by molar-refractivity contribution is -0.135. The van der Waals surface area contributed by atoms with Gasteiger partial charge in [0.2, 0.25) is 5.91 Å². The molecule has 0 N–H and O–H groups in total. The Bertz CT molecular complexity index is 722. The number of hydrogen-bond donors (Lipinski definition) is 0. The minimum atomic E-state index is -0.404. The molecule has 0 aromatic heterocycles. The normalized spacial score (nSPS) is 15.6. The molecule has 1 aromatic rings. The fourth-order valence-electron chi connectivity index (χ4n) is 2.97. The number of likely N-dealkylation sites (N-methyl/N-ethyl adjacent to an activating group) is 1. The van der Waals surface area contributed by atoms with Crippen LogP contribution in [0.2, 0.25) is 0 Å². The van der Waals surface area contributed by atoms with E-state index in [0.717, 1.165) is 41.0 Å². The number of nitrogens with zero attached hydrogens (tertiary/aromatic N) is 3. The number of carbonyl (C=O) groups is 3. The first-order chi connectivity index (χ1) is 12.9. The number of carbonyl (C=O) groups excluding carboxylic acids is 3. The van der Waals surface area contributed by atoms with E-state index in [-0.39, 0.29) is 12.5 Å². The summed E-state index contributed by atoms with van der Waals surface area (Å²) in [6.07, 6.45) is 1.71. The average molecular weight is 390 g/mol. The van der Waals surface area contributed by atoms with Crippen molar-refractivity contribution in [3.63, 3.8) is 0 Å². The van der Waals surface area contributed by atoms with E-state index in [2.05, 4.69) is 18.7 Å². The average Bonchev–Trinajstić information content (AvgIpc) is 2.92. The zero-order chi connectivity index (χ0) is 20.0. The predicted octanol–water partition coefficient (Wildman–Crippen LogP) is 3.44. The summed E-state index contributed by atoms with van der Waals surface area (Å²) in [4.78, 5) is 42.2. The summed E-state index contributed by atoms with van der Waals surface area (Å²) in [5.74, 6) is -0.620.